The molecule has 32 heavy (non-hydrogen) atoms. The Morgan fingerprint density at radius 1 is 1.12 bits per heavy atom. The van der Waals surface area contributed by atoms with Crippen molar-refractivity contribution in [2.24, 2.45) is 11.0 Å². The fourth-order valence-corrected chi connectivity index (χ4v) is 4.26. The Morgan fingerprint density at radius 2 is 1.81 bits per heavy atom. The van der Waals surface area contributed by atoms with E-state index in [2.05, 4.69) is 5.32 Å². The smallest absolute Gasteiger partial charge is 0.345 e. The van der Waals surface area contributed by atoms with Crippen molar-refractivity contribution in [1.29, 1.82) is 0 Å². The van der Waals surface area contributed by atoms with Crippen LogP contribution in [-0.4, -0.2) is 53.9 Å². The van der Waals surface area contributed by atoms with Crippen molar-refractivity contribution in [2.75, 3.05) is 24.6 Å². The molecule has 3 amide bonds. The van der Waals surface area contributed by atoms with Crippen molar-refractivity contribution in [3.05, 3.63) is 29.8 Å². The average molecular weight is 443 g/mol. The van der Waals surface area contributed by atoms with Gasteiger partial charge in [-0.25, -0.2) is 9.80 Å². The van der Waals surface area contributed by atoms with Crippen LogP contribution in [0, 0.1) is 5.92 Å². The molecule has 1 aliphatic heterocycles. The maximum absolute atomic E-state index is 13.5. The van der Waals surface area contributed by atoms with E-state index in [1.165, 1.54) is 11.3 Å². The SMILES string of the molecule is CCOC(=O)CN1N=C(C2CCCCC2)c2ccccc2N(CC(=O)NC(C)(C)C)C1=O. The molecule has 1 N–H and O–H groups in total. The third-order valence-electron chi connectivity index (χ3n) is 5.54. The van der Waals surface area contributed by atoms with Crippen molar-refractivity contribution < 1.29 is 19.1 Å². The molecule has 0 saturated heterocycles. The van der Waals surface area contributed by atoms with E-state index in [4.69, 9.17) is 9.84 Å². The number of carbonyl (C=O) groups excluding carboxylic acids is 3. The molecule has 8 nitrogen and oxygen atoms in total. The lowest BCUT2D eigenvalue weighted by atomic mass is 9.83. The first-order valence-corrected chi connectivity index (χ1v) is 11.4. The highest BCUT2D eigenvalue weighted by Crippen LogP contribution is 2.34. The first kappa shape index (κ1) is 23.8. The van der Waals surface area contributed by atoms with Crippen LogP contribution in [0.4, 0.5) is 10.5 Å². The number of hydrazone groups is 1. The van der Waals surface area contributed by atoms with E-state index in [0.717, 1.165) is 42.0 Å². The van der Waals surface area contributed by atoms with E-state index in [9.17, 15) is 14.4 Å². The second kappa shape index (κ2) is 10.1. The van der Waals surface area contributed by atoms with Gasteiger partial charge in [-0.1, -0.05) is 37.5 Å². The lowest BCUT2D eigenvalue weighted by molar-refractivity contribution is -0.143. The third-order valence-corrected chi connectivity index (χ3v) is 5.54. The average Bonchev–Trinajstić information content (AvgIpc) is 2.84. The Morgan fingerprint density at radius 3 is 2.47 bits per heavy atom. The molecule has 0 aromatic heterocycles. The van der Waals surface area contributed by atoms with Crippen LogP contribution in [0.1, 0.15) is 65.4 Å². The van der Waals surface area contributed by atoms with Gasteiger partial charge in [0.15, 0.2) is 0 Å². The van der Waals surface area contributed by atoms with Crippen molar-refractivity contribution in [3.63, 3.8) is 0 Å². The maximum atomic E-state index is 13.5. The second-order valence-electron chi connectivity index (χ2n) is 9.37. The topological polar surface area (TPSA) is 91.3 Å². The first-order chi connectivity index (χ1) is 15.2. The van der Waals surface area contributed by atoms with E-state index < -0.39 is 17.5 Å². The molecule has 1 fully saturated rings. The van der Waals surface area contributed by atoms with E-state index >= 15 is 0 Å². The third kappa shape index (κ3) is 5.87. The van der Waals surface area contributed by atoms with Crippen molar-refractivity contribution in [3.8, 4) is 0 Å². The van der Waals surface area contributed by atoms with Crippen LogP contribution in [0.5, 0.6) is 0 Å². The number of hydrogen-bond acceptors (Lipinski definition) is 5. The number of carbonyl (C=O) groups is 3. The van der Waals surface area contributed by atoms with Crippen LogP contribution < -0.4 is 10.2 Å². The predicted octanol–water partition coefficient (Wildman–Crippen LogP) is 3.69. The summed E-state index contributed by atoms with van der Waals surface area (Å²) in [5, 5.41) is 8.77. The molecule has 1 aromatic carbocycles. The number of esters is 1. The molecular weight excluding hydrogens is 408 g/mol. The molecule has 0 unspecified atom stereocenters. The molecule has 0 atom stereocenters. The normalized spacial score (nSPS) is 17.4. The van der Waals surface area contributed by atoms with Gasteiger partial charge in [0.1, 0.15) is 13.1 Å². The van der Waals surface area contributed by atoms with Crippen molar-refractivity contribution in [2.45, 2.75) is 65.3 Å². The van der Waals surface area contributed by atoms with Crippen molar-refractivity contribution in [1.82, 2.24) is 10.3 Å². The molecule has 0 spiro atoms. The monoisotopic (exact) mass is 442 g/mol. The molecule has 1 saturated carbocycles. The minimum atomic E-state index is -0.530. The second-order valence-corrected chi connectivity index (χ2v) is 9.37. The van der Waals surface area contributed by atoms with Gasteiger partial charge in [0.05, 0.1) is 18.0 Å². The number of rotatable bonds is 6. The zero-order valence-corrected chi connectivity index (χ0v) is 19.5. The minimum absolute atomic E-state index is 0.167. The highest BCUT2D eigenvalue weighted by molar-refractivity contribution is 6.13. The van der Waals surface area contributed by atoms with Crippen LogP contribution in [0.15, 0.2) is 29.4 Å². The number of amides is 3. The van der Waals surface area contributed by atoms with Gasteiger partial charge in [-0.3, -0.25) is 14.5 Å². The number of urea groups is 1. The van der Waals surface area contributed by atoms with Crippen LogP contribution >= 0.6 is 0 Å². The fraction of sp³-hybridized carbons (Fsp3) is 0.583. The summed E-state index contributed by atoms with van der Waals surface area (Å²) >= 11 is 0. The Labute approximate surface area is 190 Å². The summed E-state index contributed by atoms with van der Waals surface area (Å²) in [6.45, 7) is 7.14. The molecule has 3 rings (SSSR count). The quantitative estimate of drug-likeness (QED) is 0.680. The summed E-state index contributed by atoms with van der Waals surface area (Å²) in [7, 11) is 0. The number of nitrogens with zero attached hydrogens (tertiary/aromatic N) is 3. The summed E-state index contributed by atoms with van der Waals surface area (Å²) in [6, 6.07) is 7.03. The Hall–Kier alpha value is -2.90. The number of hydrogen-bond donors (Lipinski definition) is 1. The molecule has 1 aromatic rings. The zero-order valence-electron chi connectivity index (χ0n) is 19.5. The van der Waals surface area contributed by atoms with E-state index in [1.54, 1.807) is 6.92 Å². The largest absolute Gasteiger partial charge is 0.465 e. The van der Waals surface area contributed by atoms with Gasteiger partial charge in [-0.15, -0.1) is 0 Å². The predicted molar refractivity (Wildman–Crippen MR) is 124 cm³/mol. The van der Waals surface area contributed by atoms with E-state index in [1.807, 2.05) is 45.0 Å². The lowest BCUT2D eigenvalue weighted by Gasteiger charge is -2.28. The number of anilines is 1. The van der Waals surface area contributed by atoms with Gasteiger partial charge in [0.2, 0.25) is 5.91 Å². The summed E-state index contributed by atoms with van der Waals surface area (Å²) in [6.07, 6.45) is 5.37. The molecule has 1 aliphatic carbocycles. The van der Waals surface area contributed by atoms with Gasteiger partial charge in [0, 0.05) is 17.0 Å². The van der Waals surface area contributed by atoms with Gasteiger partial charge in [-0.05, 0) is 46.6 Å². The Kier molecular flexibility index (Phi) is 7.53. The molecule has 8 heteroatoms. The highest BCUT2D eigenvalue weighted by Gasteiger charge is 2.35. The van der Waals surface area contributed by atoms with Crippen LogP contribution in [0.3, 0.4) is 0 Å². The van der Waals surface area contributed by atoms with E-state index in [0.29, 0.717) is 5.69 Å². The van der Waals surface area contributed by atoms with Crippen LogP contribution in [0.2, 0.25) is 0 Å². The lowest BCUT2D eigenvalue weighted by Crippen LogP contribution is -2.50. The zero-order chi connectivity index (χ0) is 23.3. The Balaban J connectivity index is 2.02. The van der Waals surface area contributed by atoms with E-state index in [-0.39, 0.29) is 31.5 Å². The summed E-state index contributed by atoms with van der Waals surface area (Å²) in [5.74, 6) is -0.610. The van der Waals surface area contributed by atoms with Gasteiger partial charge in [-0.2, -0.15) is 5.10 Å². The van der Waals surface area contributed by atoms with Crippen LogP contribution in [0.25, 0.3) is 0 Å². The minimum Gasteiger partial charge on any atom is -0.465 e. The fourth-order valence-electron chi connectivity index (χ4n) is 4.26. The number of fused-ring (bicyclic) bond motifs is 1. The summed E-state index contributed by atoms with van der Waals surface area (Å²) in [4.78, 5) is 40.0. The Bertz CT molecular complexity index is 884. The van der Waals surface area contributed by atoms with Gasteiger partial charge < -0.3 is 10.1 Å². The molecule has 2 aliphatic rings. The molecule has 174 valence electrons. The summed E-state index contributed by atoms with van der Waals surface area (Å²) in [5.41, 5.74) is 1.84. The molecule has 0 bridgehead atoms. The van der Waals surface area contributed by atoms with Crippen LogP contribution in [-0.2, 0) is 14.3 Å². The van der Waals surface area contributed by atoms with Crippen molar-refractivity contribution >= 4 is 29.3 Å². The first-order valence-electron chi connectivity index (χ1n) is 11.4. The molecule has 0 radical (unpaired) electrons. The number of nitrogens with one attached hydrogen (secondary N) is 1. The van der Waals surface area contributed by atoms with Gasteiger partial charge >= 0.3 is 12.0 Å². The molecular formula is C24H34N4O4. The number of para-hydroxylation sites is 1. The standard InChI is InChI=1S/C24H34N4O4/c1-5-32-21(30)16-28-23(31)27(15-20(29)25-24(2,3)4)19-14-10-9-13-18(19)22(26-28)17-11-7-6-8-12-17/h9-10,13-14,17H,5-8,11-12,15-16H2,1-4H3,(H,25,29). The summed E-state index contributed by atoms with van der Waals surface area (Å²) < 4.78 is 5.07. The van der Waals surface area contributed by atoms with Gasteiger partial charge in [0.25, 0.3) is 0 Å². The maximum Gasteiger partial charge on any atom is 0.345 e. The number of benzene rings is 1. The number of ether oxygens (including phenoxy) is 1. The highest BCUT2D eigenvalue weighted by atomic mass is 16.5. The molecule has 1 heterocycles.